The summed E-state index contributed by atoms with van der Waals surface area (Å²) in [6, 6.07) is 8.06. The Morgan fingerprint density at radius 3 is 2.29 bits per heavy atom. The quantitative estimate of drug-likeness (QED) is 0.274. The Morgan fingerprint density at radius 1 is 1.10 bits per heavy atom. The molecule has 0 atom stereocenters. The van der Waals surface area contributed by atoms with Crippen molar-refractivity contribution in [2.45, 2.75) is 25.0 Å². The van der Waals surface area contributed by atoms with E-state index in [0.29, 0.717) is 43.9 Å². The van der Waals surface area contributed by atoms with Gasteiger partial charge in [0.2, 0.25) is 5.75 Å². The van der Waals surface area contributed by atoms with Gasteiger partial charge in [0, 0.05) is 16.6 Å². The van der Waals surface area contributed by atoms with E-state index in [2.05, 4.69) is 4.98 Å². The molecule has 0 spiro atoms. The molecule has 3 rings (SSSR count). The van der Waals surface area contributed by atoms with E-state index in [-0.39, 0.29) is 23.1 Å². The zero-order chi connectivity index (χ0) is 22.7. The van der Waals surface area contributed by atoms with Gasteiger partial charge in [-0.15, -0.1) is 0 Å². The highest BCUT2D eigenvalue weighted by Crippen LogP contribution is 2.38. The van der Waals surface area contributed by atoms with Crippen molar-refractivity contribution in [2.24, 2.45) is 0 Å². The number of Topliss-reactive ketones (excluding diaryl/α,β-unsaturated/α-hetero) is 1. The molecule has 0 N–H and O–H groups in total. The van der Waals surface area contributed by atoms with Gasteiger partial charge in [0.05, 0.1) is 38.0 Å². The molecule has 1 aromatic heterocycles. The summed E-state index contributed by atoms with van der Waals surface area (Å²) in [6.45, 7) is 3.80. The predicted molar refractivity (Wildman–Crippen MR) is 123 cm³/mol. The SMILES string of the molecule is COc1cc(C(=O)CSc2nc3cc(Cl)ccc3c(=O)n2C(C)C)cc(OC)c1OC. The van der Waals surface area contributed by atoms with Crippen LogP contribution in [-0.4, -0.2) is 42.4 Å². The zero-order valence-electron chi connectivity index (χ0n) is 17.9. The molecule has 0 aliphatic heterocycles. The van der Waals surface area contributed by atoms with Gasteiger partial charge in [0.15, 0.2) is 22.4 Å². The maximum absolute atomic E-state index is 13.0. The average molecular weight is 463 g/mol. The average Bonchev–Trinajstić information content (AvgIpc) is 2.75. The molecule has 31 heavy (non-hydrogen) atoms. The lowest BCUT2D eigenvalue weighted by Crippen LogP contribution is -2.25. The highest BCUT2D eigenvalue weighted by atomic mass is 35.5. The Morgan fingerprint density at radius 2 is 1.74 bits per heavy atom. The van der Waals surface area contributed by atoms with Gasteiger partial charge in [0.25, 0.3) is 5.56 Å². The first-order chi connectivity index (χ1) is 14.8. The first kappa shape index (κ1) is 23.0. The van der Waals surface area contributed by atoms with Crippen LogP contribution in [0.1, 0.15) is 30.2 Å². The van der Waals surface area contributed by atoms with Crippen molar-refractivity contribution in [3.05, 3.63) is 51.3 Å². The number of ketones is 1. The number of carbonyl (C=O) groups is 1. The fourth-order valence-corrected chi connectivity index (χ4v) is 4.35. The number of rotatable bonds is 8. The highest BCUT2D eigenvalue weighted by Gasteiger charge is 2.19. The third-order valence-electron chi connectivity index (χ3n) is 4.67. The van der Waals surface area contributed by atoms with E-state index in [4.69, 9.17) is 25.8 Å². The second-order valence-corrected chi connectivity index (χ2v) is 8.33. The van der Waals surface area contributed by atoms with Crippen LogP contribution in [-0.2, 0) is 0 Å². The lowest BCUT2D eigenvalue weighted by Gasteiger charge is -2.16. The molecule has 3 aromatic rings. The molecule has 0 fully saturated rings. The molecule has 0 amide bonds. The van der Waals surface area contributed by atoms with Crippen molar-refractivity contribution in [2.75, 3.05) is 27.1 Å². The maximum Gasteiger partial charge on any atom is 0.262 e. The van der Waals surface area contributed by atoms with Crippen molar-refractivity contribution < 1.29 is 19.0 Å². The van der Waals surface area contributed by atoms with E-state index in [1.807, 2.05) is 13.8 Å². The van der Waals surface area contributed by atoms with Crippen molar-refractivity contribution in [3.8, 4) is 17.2 Å². The van der Waals surface area contributed by atoms with Gasteiger partial charge in [-0.25, -0.2) is 4.98 Å². The zero-order valence-corrected chi connectivity index (χ0v) is 19.5. The number of ether oxygens (including phenoxy) is 3. The Bertz CT molecular complexity index is 1170. The topological polar surface area (TPSA) is 79.7 Å². The Hall–Kier alpha value is -2.71. The van der Waals surface area contributed by atoms with Gasteiger partial charge in [-0.05, 0) is 44.2 Å². The number of thioether (sulfide) groups is 1. The minimum atomic E-state index is -0.167. The number of halogens is 1. The van der Waals surface area contributed by atoms with E-state index in [1.54, 1.807) is 34.9 Å². The van der Waals surface area contributed by atoms with Crippen molar-refractivity contribution in [1.82, 2.24) is 9.55 Å². The van der Waals surface area contributed by atoms with Gasteiger partial charge in [0.1, 0.15) is 0 Å². The molecule has 0 radical (unpaired) electrons. The highest BCUT2D eigenvalue weighted by molar-refractivity contribution is 7.99. The van der Waals surface area contributed by atoms with Gasteiger partial charge in [-0.1, -0.05) is 23.4 Å². The number of carbonyl (C=O) groups excluding carboxylic acids is 1. The normalized spacial score (nSPS) is 11.1. The molecule has 2 aromatic carbocycles. The predicted octanol–water partition coefficient (Wildman–Crippen LogP) is 4.63. The molecule has 9 heteroatoms. The van der Waals surface area contributed by atoms with Gasteiger partial charge in [-0.2, -0.15) is 0 Å². The molecule has 0 bridgehead atoms. The smallest absolute Gasteiger partial charge is 0.262 e. The molecular weight excluding hydrogens is 440 g/mol. The van der Waals surface area contributed by atoms with Crippen LogP contribution in [0, 0.1) is 0 Å². The molecule has 164 valence electrons. The summed E-state index contributed by atoms with van der Waals surface area (Å²) in [4.78, 5) is 30.5. The number of methoxy groups -OCH3 is 3. The number of aromatic nitrogens is 2. The van der Waals surface area contributed by atoms with Crippen LogP contribution in [0.15, 0.2) is 40.3 Å². The van der Waals surface area contributed by atoms with Crippen molar-refractivity contribution >= 4 is 40.0 Å². The summed E-state index contributed by atoms with van der Waals surface area (Å²) in [5, 5.41) is 1.43. The van der Waals surface area contributed by atoms with Crippen LogP contribution in [0.3, 0.4) is 0 Å². The Labute approximate surface area is 189 Å². The molecule has 0 saturated carbocycles. The van der Waals surface area contributed by atoms with Gasteiger partial charge >= 0.3 is 0 Å². The van der Waals surface area contributed by atoms with Crippen LogP contribution < -0.4 is 19.8 Å². The first-order valence-electron chi connectivity index (χ1n) is 9.48. The summed E-state index contributed by atoms with van der Waals surface area (Å²) in [7, 11) is 4.48. The van der Waals surface area contributed by atoms with E-state index < -0.39 is 0 Å². The summed E-state index contributed by atoms with van der Waals surface area (Å²) in [6.07, 6.45) is 0. The van der Waals surface area contributed by atoms with Crippen LogP contribution in [0.25, 0.3) is 10.9 Å². The van der Waals surface area contributed by atoms with Crippen molar-refractivity contribution in [3.63, 3.8) is 0 Å². The molecule has 1 heterocycles. The number of fused-ring (bicyclic) bond motifs is 1. The Kier molecular flexibility index (Phi) is 7.12. The monoisotopic (exact) mass is 462 g/mol. The largest absolute Gasteiger partial charge is 0.493 e. The van der Waals surface area contributed by atoms with Gasteiger partial charge in [-0.3, -0.25) is 14.2 Å². The van der Waals surface area contributed by atoms with Gasteiger partial charge < -0.3 is 14.2 Å². The van der Waals surface area contributed by atoms with E-state index in [1.165, 1.54) is 33.1 Å². The fourth-order valence-electron chi connectivity index (χ4n) is 3.16. The lowest BCUT2D eigenvalue weighted by molar-refractivity contribution is 0.102. The van der Waals surface area contributed by atoms with E-state index >= 15 is 0 Å². The summed E-state index contributed by atoms with van der Waals surface area (Å²) in [5.74, 6) is 1.11. The molecule has 0 aliphatic rings. The standard InChI is InChI=1S/C22H23ClN2O5S/c1-12(2)25-21(27)15-7-6-14(23)10-16(15)24-22(25)31-11-17(26)13-8-18(28-3)20(30-5)19(9-13)29-4/h6-10,12H,11H2,1-5H3. The molecule has 0 aliphatic carbocycles. The third kappa shape index (κ3) is 4.65. The minimum absolute atomic E-state index is 0.0733. The molecule has 0 saturated heterocycles. The fraction of sp³-hybridized carbons (Fsp3) is 0.318. The number of nitrogens with zero attached hydrogens (tertiary/aromatic N) is 2. The lowest BCUT2D eigenvalue weighted by atomic mass is 10.1. The van der Waals surface area contributed by atoms with E-state index in [0.717, 1.165) is 0 Å². The third-order valence-corrected chi connectivity index (χ3v) is 5.85. The minimum Gasteiger partial charge on any atom is -0.493 e. The molecular formula is C22H23ClN2O5S. The molecule has 0 unspecified atom stereocenters. The van der Waals surface area contributed by atoms with Crippen LogP contribution in [0.4, 0.5) is 0 Å². The maximum atomic E-state index is 13.0. The second-order valence-electron chi connectivity index (χ2n) is 6.95. The number of hydrogen-bond acceptors (Lipinski definition) is 7. The second kappa shape index (κ2) is 9.62. The van der Waals surface area contributed by atoms with Crippen molar-refractivity contribution in [1.29, 1.82) is 0 Å². The van der Waals surface area contributed by atoms with Crippen LogP contribution >= 0.6 is 23.4 Å². The number of benzene rings is 2. The first-order valence-corrected chi connectivity index (χ1v) is 10.8. The number of hydrogen-bond donors (Lipinski definition) is 0. The summed E-state index contributed by atoms with van der Waals surface area (Å²) in [5.41, 5.74) is 0.737. The Balaban J connectivity index is 1.96. The van der Waals surface area contributed by atoms with Crippen LogP contribution in [0.2, 0.25) is 5.02 Å². The molecule has 7 nitrogen and oxygen atoms in total. The van der Waals surface area contributed by atoms with Crippen LogP contribution in [0.5, 0.6) is 17.2 Å². The van der Waals surface area contributed by atoms with E-state index in [9.17, 15) is 9.59 Å². The summed E-state index contributed by atoms with van der Waals surface area (Å²) < 4.78 is 17.5. The summed E-state index contributed by atoms with van der Waals surface area (Å²) >= 11 is 7.27.